The van der Waals surface area contributed by atoms with Crippen molar-refractivity contribution in [3.8, 4) is 0 Å². The van der Waals surface area contributed by atoms with Crippen molar-refractivity contribution in [3.63, 3.8) is 0 Å². The van der Waals surface area contributed by atoms with E-state index in [1.165, 1.54) is 12.8 Å². The standard InChI is InChI=1S/C14H19N3/c1-11(2)6-5-9-15-14-12-7-3-4-8-13(12)16-10-17-14/h3-4,7-8,10-11H,5-6,9H2,1-2H3,(H,15,16,17). The Kier molecular flexibility index (Phi) is 3.91. The van der Waals surface area contributed by atoms with Crippen LogP contribution >= 0.6 is 0 Å². The maximum absolute atomic E-state index is 4.30. The average molecular weight is 229 g/mol. The van der Waals surface area contributed by atoms with Crippen LogP contribution in [0.5, 0.6) is 0 Å². The molecule has 90 valence electrons. The van der Waals surface area contributed by atoms with E-state index in [2.05, 4.69) is 35.2 Å². The summed E-state index contributed by atoms with van der Waals surface area (Å²) < 4.78 is 0. The number of nitrogens with zero attached hydrogens (tertiary/aromatic N) is 2. The zero-order chi connectivity index (χ0) is 12.1. The third kappa shape index (κ3) is 3.16. The van der Waals surface area contributed by atoms with E-state index < -0.39 is 0 Å². The molecule has 0 aliphatic rings. The summed E-state index contributed by atoms with van der Waals surface area (Å²) in [5, 5.41) is 4.49. The van der Waals surface area contributed by atoms with Crippen LogP contribution in [0.15, 0.2) is 30.6 Å². The van der Waals surface area contributed by atoms with Crippen LogP contribution in [0.2, 0.25) is 0 Å². The lowest BCUT2D eigenvalue weighted by Gasteiger charge is -2.09. The quantitative estimate of drug-likeness (QED) is 0.798. The SMILES string of the molecule is CC(C)CCCNc1ncnc2ccccc12. The van der Waals surface area contributed by atoms with Crippen LogP contribution in [0.3, 0.4) is 0 Å². The Bertz CT molecular complexity index is 474. The van der Waals surface area contributed by atoms with Gasteiger partial charge < -0.3 is 5.32 Å². The van der Waals surface area contributed by atoms with Crippen molar-refractivity contribution < 1.29 is 0 Å². The second-order valence-electron chi connectivity index (χ2n) is 4.70. The van der Waals surface area contributed by atoms with Gasteiger partial charge in [0.05, 0.1) is 5.52 Å². The van der Waals surface area contributed by atoms with Gasteiger partial charge in [0.25, 0.3) is 0 Å². The van der Waals surface area contributed by atoms with E-state index in [9.17, 15) is 0 Å². The summed E-state index contributed by atoms with van der Waals surface area (Å²) in [5.41, 5.74) is 0.994. The summed E-state index contributed by atoms with van der Waals surface area (Å²) in [4.78, 5) is 8.55. The van der Waals surface area contributed by atoms with Gasteiger partial charge in [-0.15, -0.1) is 0 Å². The minimum atomic E-state index is 0.763. The first-order valence-electron chi connectivity index (χ1n) is 6.21. The lowest BCUT2D eigenvalue weighted by atomic mass is 10.1. The summed E-state index contributed by atoms with van der Waals surface area (Å²) >= 11 is 0. The smallest absolute Gasteiger partial charge is 0.137 e. The summed E-state index contributed by atoms with van der Waals surface area (Å²) in [6.07, 6.45) is 4.04. The van der Waals surface area contributed by atoms with E-state index in [0.29, 0.717) is 0 Å². The Balaban J connectivity index is 2.03. The molecule has 2 rings (SSSR count). The highest BCUT2D eigenvalue weighted by molar-refractivity contribution is 5.88. The van der Waals surface area contributed by atoms with E-state index in [0.717, 1.165) is 29.2 Å². The number of hydrogen-bond donors (Lipinski definition) is 1. The molecule has 0 spiro atoms. The number of rotatable bonds is 5. The molecule has 0 aliphatic heterocycles. The number of para-hydroxylation sites is 1. The summed E-state index contributed by atoms with van der Waals surface area (Å²) in [6, 6.07) is 8.08. The Morgan fingerprint density at radius 3 is 2.82 bits per heavy atom. The van der Waals surface area contributed by atoms with Crippen molar-refractivity contribution >= 4 is 16.7 Å². The lowest BCUT2D eigenvalue weighted by Crippen LogP contribution is -2.05. The van der Waals surface area contributed by atoms with Gasteiger partial charge in [-0.05, 0) is 30.9 Å². The molecule has 0 atom stereocenters. The average Bonchev–Trinajstić information content (AvgIpc) is 2.34. The van der Waals surface area contributed by atoms with Crippen LogP contribution in [-0.4, -0.2) is 16.5 Å². The molecule has 0 radical (unpaired) electrons. The van der Waals surface area contributed by atoms with Gasteiger partial charge in [-0.1, -0.05) is 26.0 Å². The third-order valence-corrected chi connectivity index (χ3v) is 2.79. The molecule has 0 aliphatic carbocycles. The summed E-state index contributed by atoms with van der Waals surface area (Å²) in [6.45, 7) is 5.47. The van der Waals surface area contributed by atoms with Crippen LogP contribution in [0, 0.1) is 5.92 Å². The topological polar surface area (TPSA) is 37.8 Å². The third-order valence-electron chi connectivity index (χ3n) is 2.79. The van der Waals surface area contributed by atoms with Crippen molar-refractivity contribution in [3.05, 3.63) is 30.6 Å². The van der Waals surface area contributed by atoms with Gasteiger partial charge in [0.15, 0.2) is 0 Å². The second-order valence-corrected chi connectivity index (χ2v) is 4.70. The normalized spacial score (nSPS) is 11.0. The van der Waals surface area contributed by atoms with E-state index in [4.69, 9.17) is 0 Å². The van der Waals surface area contributed by atoms with E-state index in [-0.39, 0.29) is 0 Å². The molecule has 1 N–H and O–H groups in total. The van der Waals surface area contributed by atoms with Crippen LogP contribution in [0.25, 0.3) is 10.9 Å². The Hall–Kier alpha value is -1.64. The maximum atomic E-state index is 4.30. The van der Waals surface area contributed by atoms with Crippen LogP contribution in [0.4, 0.5) is 5.82 Å². The van der Waals surface area contributed by atoms with Crippen LogP contribution < -0.4 is 5.32 Å². The number of nitrogens with one attached hydrogen (secondary N) is 1. The zero-order valence-electron chi connectivity index (χ0n) is 10.5. The molecule has 2 aromatic rings. The van der Waals surface area contributed by atoms with Gasteiger partial charge in [0.2, 0.25) is 0 Å². The van der Waals surface area contributed by atoms with Gasteiger partial charge in [-0.3, -0.25) is 0 Å². The molecular weight excluding hydrogens is 210 g/mol. The first kappa shape index (κ1) is 11.8. The van der Waals surface area contributed by atoms with Gasteiger partial charge in [0.1, 0.15) is 12.1 Å². The molecule has 0 bridgehead atoms. The summed E-state index contributed by atoms with van der Waals surface area (Å²) in [7, 11) is 0. The Morgan fingerprint density at radius 1 is 1.18 bits per heavy atom. The highest BCUT2D eigenvalue weighted by Crippen LogP contribution is 2.18. The van der Waals surface area contributed by atoms with Gasteiger partial charge in [-0.25, -0.2) is 9.97 Å². The lowest BCUT2D eigenvalue weighted by molar-refractivity contribution is 0.567. The van der Waals surface area contributed by atoms with E-state index >= 15 is 0 Å². The predicted octanol–water partition coefficient (Wildman–Crippen LogP) is 3.48. The number of aromatic nitrogens is 2. The molecule has 0 saturated heterocycles. The van der Waals surface area contributed by atoms with Crippen LogP contribution in [-0.2, 0) is 0 Å². The molecule has 0 fully saturated rings. The largest absolute Gasteiger partial charge is 0.369 e. The van der Waals surface area contributed by atoms with Gasteiger partial charge in [-0.2, -0.15) is 0 Å². The van der Waals surface area contributed by atoms with Gasteiger partial charge >= 0.3 is 0 Å². The molecule has 17 heavy (non-hydrogen) atoms. The van der Waals surface area contributed by atoms with Crippen molar-refractivity contribution in [1.82, 2.24) is 9.97 Å². The fourth-order valence-corrected chi connectivity index (χ4v) is 1.86. The predicted molar refractivity (Wildman–Crippen MR) is 72.1 cm³/mol. The Labute approximate surface area is 102 Å². The van der Waals surface area contributed by atoms with Crippen molar-refractivity contribution in [2.75, 3.05) is 11.9 Å². The zero-order valence-corrected chi connectivity index (χ0v) is 10.5. The molecule has 0 amide bonds. The van der Waals surface area contributed by atoms with Crippen LogP contribution in [0.1, 0.15) is 26.7 Å². The fourth-order valence-electron chi connectivity index (χ4n) is 1.86. The number of anilines is 1. The molecular formula is C14H19N3. The van der Waals surface area contributed by atoms with Gasteiger partial charge in [0, 0.05) is 11.9 Å². The van der Waals surface area contributed by atoms with E-state index in [1.807, 2.05) is 18.2 Å². The molecule has 1 heterocycles. The molecule has 3 heteroatoms. The molecule has 1 aromatic heterocycles. The molecule has 3 nitrogen and oxygen atoms in total. The first-order chi connectivity index (χ1) is 8.27. The highest BCUT2D eigenvalue weighted by atomic mass is 15.0. The summed E-state index contributed by atoms with van der Waals surface area (Å²) in [5.74, 6) is 1.71. The minimum absolute atomic E-state index is 0.763. The van der Waals surface area contributed by atoms with Crippen molar-refractivity contribution in [1.29, 1.82) is 0 Å². The Morgan fingerprint density at radius 2 is 2.00 bits per heavy atom. The molecule has 0 unspecified atom stereocenters. The van der Waals surface area contributed by atoms with Crippen molar-refractivity contribution in [2.45, 2.75) is 26.7 Å². The number of fused-ring (bicyclic) bond motifs is 1. The molecule has 1 aromatic carbocycles. The number of hydrogen-bond acceptors (Lipinski definition) is 3. The second kappa shape index (κ2) is 5.62. The fraction of sp³-hybridized carbons (Fsp3) is 0.429. The maximum Gasteiger partial charge on any atom is 0.137 e. The minimum Gasteiger partial charge on any atom is -0.369 e. The highest BCUT2D eigenvalue weighted by Gasteiger charge is 2.01. The number of benzene rings is 1. The molecule has 0 saturated carbocycles. The first-order valence-corrected chi connectivity index (χ1v) is 6.21. The monoisotopic (exact) mass is 229 g/mol. The van der Waals surface area contributed by atoms with Crippen molar-refractivity contribution in [2.24, 2.45) is 5.92 Å². The van der Waals surface area contributed by atoms with E-state index in [1.54, 1.807) is 6.33 Å².